The van der Waals surface area contributed by atoms with Crippen LogP contribution in [0.25, 0.3) is 0 Å². The van der Waals surface area contributed by atoms with E-state index in [0.29, 0.717) is 30.4 Å². The van der Waals surface area contributed by atoms with Gasteiger partial charge in [0.1, 0.15) is 5.69 Å². The van der Waals surface area contributed by atoms with E-state index in [1.165, 1.54) is 5.56 Å². The Labute approximate surface area is 199 Å². The van der Waals surface area contributed by atoms with Crippen LogP contribution in [-0.2, 0) is 9.59 Å². The van der Waals surface area contributed by atoms with Gasteiger partial charge in [-0.1, -0.05) is 17.7 Å². The molecule has 5 rings (SSSR count). The third kappa shape index (κ3) is 4.44. The van der Waals surface area contributed by atoms with Crippen LogP contribution in [0.5, 0.6) is 0 Å². The number of nitrogens with one attached hydrogen (secondary N) is 2. The summed E-state index contributed by atoms with van der Waals surface area (Å²) in [5, 5.41) is 6.28. The number of nitrogens with zero attached hydrogens (tertiary/aromatic N) is 4. The minimum atomic E-state index is 0.0274. The zero-order valence-electron chi connectivity index (χ0n) is 19.6. The van der Waals surface area contributed by atoms with Crippen LogP contribution in [0.3, 0.4) is 0 Å². The second kappa shape index (κ2) is 8.78. The molecule has 1 fully saturated rings. The lowest BCUT2D eigenvalue weighted by Gasteiger charge is -2.24. The number of aromatic nitrogens is 2. The van der Waals surface area contributed by atoms with Crippen LogP contribution < -0.4 is 20.4 Å². The third-order valence-corrected chi connectivity index (χ3v) is 6.32. The van der Waals surface area contributed by atoms with E-state index in [1.54, 1.807) is 18.1 Å². The quantitative estimate of drug-likeness (QED) is 0.579. The van der Waals surface area contributed by atoms with Gasteiger partial charge in [0.15, 0.2) is 5.82 Å². The number of anilines is 6. The highest BCUT2D eigenvalue weighted by atomic mass is 16.2. The zero-order chi connectivity index (χ0) is 23.8. The molecule has 3 aromatic rings. The van der Waals surface area contributed by atoms with Crippen molar-refractivity contribution >= 4 is 46.3 Å². The first kappa shape index (κ1) is 21.9. The van der Waals surface area contributed by atoms with E-state index < -0.39 is 0 Å². The number of hydrogen-bond donors (Lipinski definition) is 2. The number of aryl methyl sites for hydroxylation is 2. The van der Waals surface area contributed by atoms with Gasteiger partial charge in [-0.2, -0.15) is 4.98 Å². The maximum Gasteiger partial charge on any atom is 0.229 e. The summed E-state index contributed by atoms with van der Waals surface area (Å²) in [6, 6.07) is 14.0. The van der Waals surface area contributed by atoms with Crippen molar-refractivity contribution in [2.75, 3.05) is 34.0 Å². The SMILES string of the molecule is Cc1ccc(N2CCC(=O)N(C)c3cnc(Nc4ccc(NC(=O)C5CC5)c(C)c4)nc32)cc1. The van der Waals surface area contributed by atoms with Crippen molar-refractivity contribution in [2.24, 2.45) is 5.92 Å². The maximum absolute atomic E-state index is 12.6. The van der Waals surface area contributed by atoms with Gasteiger partial charge in [0, 0.05) is 43.0 Å². The van der Waals surface area contributed by atoms with Crippen LogP contribution in [-0.4, -0.2) is 35.4 Å². The Morgan fingerprint density at radius 2 is 1.85 bits per heavy atom. The molecule has 8 nitrogen and oxygen atoms in total. The van der Waals surface area contributed by atoms with E-state index in [-0.39, 0.29) is 17.7 Å². The normalized spacial score (nSPS) is 15.6. The van der Waals surface area contributed by atoms with Gasteiger partial charge >= 0.3 is 0 Å². The van der Waals surface area contributed by atoms with Crippen molar-refractivity contribution in [1.29, 1.82) is 0 Å². The predicted octanol–water partition coefficient (Wildman–Crippen LogP) is 4.69. The van der Waals surface area contributed by atoms with E-state index >= 15 is 0 Å². The number of hydrogen-bond acceptors (Lipinski definition) is 6. The Morgan fingerprint density at radius 3 is 2.56 bits per heavy atom. The minimum absolute atomic E-state index is 0.0274. The molecule has 1 aromatic heterocycles. The van der Waals surface area contributed by atoms with Gasteiger partial charge in [-0.05, 0) is 62.6 Å². The second-order valence-electron chi connectivity index (χ2n) is 9.01. The molecule has 0 spiro atoms. The molecule has 34 heavy (non-hydrogen) atoms. The maximum atomic E-state index is 12.6. The van der Waals surface area contributed by atoms with Gasteiger partial charge in [0.2, 0.25) is 17.8 Å². The van der Waals surface area contributed by atoms with Gasteiger partial charge in [-0.15, -0.1) is 0 Å². The molecule has 1 saturated carbocycles. The summed E-state index contributed by atoms with van der Waals surface area (Å²) < 4.78 is 0. The van der Waals surface area contributed by atoms with Crippen LogP contribution in [0.4, 0.5) is 34.5 Å². The molecule has 2 N–H and O–H groups in total. The van der Waals surface area contributed by atoms with Crippen LogP contribution >= 0.6 is 0 Å². The molecule has 0 bridgehead atoms. The van der Waals surface area contributed by atoms with E-state index in [1.807, 2.05) is 44.2 Å². The lowest BCUT2D eigenvalue weighted by molar-refractivity contribution is -0.118. The first-order chi connectivity index (χ1) is 16.4. The summed E-state index contributed by atoms with van der Waals surface area (Å²) in [7, 11) is 1.76. The molecule has 0 saturated heterocycles. The number of rotatable bonds is 5. The molecule has 1 aliphatic carbocycles. The first-order valence-corrected chi connectivity index (χ1v) is 11.6. The van der Waals surface area contributed by atoms with Crippen molar-refractivity contribution in [3.05, 3.63) is 59.8 Å². The molecule has 2 heterocycles. The van der Waals surface area contributed by atoms with Crippen molar-refractivity contribution in [3.63, 3.8) is 0 Å². The summed E-state index contributed by atoms with van der Waals surface area (Å²) in [5.41, 5.74) is 5.41. The first-order valence-electron chi connectivity index (χ1n) is 11.6. The van der Waals surface area contributed by atoms with Crippen molar-refractivity contribution in [2.45, 2.75) is 33.1 Å². The predicted molar refractivity (Wildman–Crippen MR) is 134 cm³/mol. The van der Waals surface area contributed by atoms with Gasteiger partial charge in [-0.3, -0.25) is 9.59 Å². The monoisotopic (exact) mass is 456 g/mol. The van der Waals surface area contributed by atoms with Crippen molar-refractivity contribution in [3.8, 4) is 0 Å². The molecular weight excluding hydrogens is 428 g/mol. The average molecular weight is 457 g/mol. The fourth-order valence-corrected chi connectivity index (χ4v) is 4.04. The smallest absolute Gasteiger partial charge is 0.229 e. The van der Waals surface area contributed by atoms with Gasteiger partial charge < -0.3 is 20.4 Å². The lowest BCUT2D eigenvalue weighted by Crippen LogP contribution is -2.25. The summed E-state index contributed by atoms with van der Waals surface area (Å²) in [6.45, 7) is 4.54. The third-order valence-electron chi connectivity index (χ3n) is 6.32. The number of carbonyl (C=O) groups excluding carboxylic acids is 2. The summed E-state index contributed by atoms with van der Waals surface area (Å²) in [4.78, 5) is 37.6. The van der Waals surface area contributed by atoms with Gasteiger partial charge in [0.25, 0.3) is 0 Å². The Bertz CT molecular complexity index is 1250. The van der Waals surface area contributed by atoms with Crippen LogP contribution in [0.2, 0.25) is 0 Å². The molecular formula is C26H28N6O2. The fraction of sp³-hybridized carbons (Fsp3) is 0.308. The fourth-order valence-electron chi connectivity index (χ4n) is 4.04. The molecule has 2 aliphatic rings. The summed E-state index contributed by atoms with van der Waals surface area (Å²) >= 11 is 0. The van der Waals surface area contributed by atoms with Crippen molar-refractivity contribution < 1.29 is 9.59 Å². The average Bonchev–Trinajstić information content (AvgIpc) is 3.67. The Morgan fingerprint density at radius 1 is 1.09 bits per heavy atom. The summed E-state index contributed by atoms with van der Waals surface area (Å²) in [5.74, 6) is 1.39. The number of carbonyl (C=O) groups is 2. The van der Waals surface area contributed by atoms with Crippen LogP contribution in [0.15, 0.2) is 48.7 Å². The molecule has 0 unspecified atom stereocenters. The van der Waals surface area contributed by atoms with Crippen LogP contribution in [0, 0.1) is 19.8 Å². The molecule has 2 aromatic carbocycles. The second-order valence-corrected chi connectivity index (χ2v) is 9.01. The number of fused-ring (bicyclic) bond motifs is 1. The Kier molecular flexibility index (Phi) is 5.65. The molecule has 174 valence electrons. The lowest BCUT2D eigenvalue weighted by atomic mass is 10.1. The Hall–Kier alpha value is -3.94. The Balaban J connectivity index is 1.43. The van der Waals surface area contributed by atoms with E-state index in [0.717, 1.165) is 35.5 Å². The van der Waals surface area contributed by atoms with Crippen molar-refractivity contribution in [1.82, 2.24) is 9.97 Å². The molecule has 8 heteroatoms. The molecule has 0 atom stereocenters. The molecule has 2 amide bonds. The topological polar surface area (TPSA) is 90.5 Å². The highest BCUT2D eigenvalue weighted by molar-refractivity contribution is 5.98. The largest absolute Gasteiger partial charge is 0.326 e. The van der Waals surface area contributed by atoms with E-state index in [4.69, 9.17) is 4.98 Å². The van der Waals surface area contributed by atoms with Crippen LogP contribution in [0.1, 0.15) is 30.4 Å². The minimum Gasteiger partial charge on any atom is -0.326 e. The molecule has 0 radical (unpaired) electrons. The standard InChI is InChI=1S/C26H28N6O2/c1-16-4-9-20(10-5-16)32-13-12-23(33)31(3)22-15-27-26(30-24(22)32)28-19-8-11-21(17(2)14-19)29-25(34)18-6-7-18/h4-5,8-11,14-15,18H,6-7,12-13H2,1-3H3,(H,29,34)(H,27,28,30). The number of amides is 2. The van der Waals surface area contributed by atoms with Gasteiger partial charge in [-0.25, -0.2) is 4.98 Å². The summed E-state index contributed by atoms with van der Waals surface area (Å²) in [6.07, 6.45) is 4.02. The zero-order valence-corrected chi connectivity index (χ0v) is 19.6. The van der Waals surface area contributed by atoms with Gasteiger partial charge in [0.05, 0.1) is 6.20 Å². The van der Waals surface area contributed by atoms with E-state index in [9.17, 15) is 9.59 Å². The molecule has 1 aliphatic heterocycles. The highest BCUT2D eigenvalue weighted by Gasteiger charge is 2.30. The van der Waals surface area contributed by atoms with E-state index in [2.05, 4.69) is 32.7 Å². The highest BCUT2D eigenvalue weighted by Crippen LogP contribution is 2.36. The number of benzene rings is 2.